The van der Waals surface area contributed by atoms with Crippen LogP contribution in [0, 0.1) is 0 Å². The molecule has 0 aliphatic carbocycles. The number of hydrogen-bond acceptors (Lipinski definition) is 5. The molecule has 29 heavy (non-hydrogen) atoms. The molecule has 1 aliphatic rings. The van der Waals surface area contributed by atoms with E-state index in [1.54, 1.807) is 4.90 Å². The van der Waals surface area contributed by atoms with E-state index in [0.717, 1.165) is 33.4 Å². The Morgan fingerprint density at radius 2 is 1.97 bits per heavy atom. The second kappa shape index (κ2) is 9.17. The van der Waals surface area contributed by atoms with E-state index in [1.807, 2.05) is 36.0 Å². The molecule has 6 nitrogen and oxygen atoms in total. The fourth-order valence-electron chi connectivity index (χ4n) is 3.40. The van der Waals surface area contributed by atoms with Gasteiger partial charge in [-0.25, -0.2) is 9.97 Å². The summed E-state index contributed by atoms with van der Waals surface area (Å²) in [4.78, 5) is 26.9. The normalized spacial score (nSPS) is 14.0. The van der Waals surface area contributed by atoms with E-state index in [1.165, 1.54) is 11.3 Å². The molecule has 0 saturated carbocycles. The van der Waals surface area contributed by atoms with Crippen LogP contribution in [0.5, 0.6) is 0 Å². The van der Waals surface area contributed by atoms with Crippen molar-refractivity contribution in [1.29, 1.82) is 0 Å². The second-order valence-corrected chi connectivity index (χ2v) is 7.49. The molecule has 1 aliphatic heterocycles. The molecule has 4 heterocycles. The maximum Gasteiger partial charge on any atom is 1.00 e. The molecule has 0 radical (unpaired) electrons. The van der Waals surface area contributed by atoms with Crippen molar-refractivity contribution in [2.75, 3.05) is 26.3 Å². The Labute approximate surface area is 216 Å². The quantitative estimate of drug-likeness (QED) is 0.491. The first kappa shape index (κ1) is 20.9. The van der Waals surface area contributed by atoms with Gasteiger partial charge in [0.1, 0.15) is 5.65 Å². The maximum atomic E-state index is 12.7. The summed E-state index contributed by atoms with van der Waals surface area (Å²) in [6, 6.07) is 12.3. The number of ether oxygens (including phenoxy) is 1. The van der Waals surface area contributed by atoms with Crippen molar-refractivity contribution in [2.45, 2.75) is 0 Å². The molecule has 1 aromatic carbocycles. The number of aromatic amines is 1. The molecule has 1 amide bonds. The Bertz CT molecular complexity index is 1140. The van der Waals surface area contributed by atoms with Gasteiger partial charge >= 0.3 is 51.4 Å². The molecule has 1 N–H and O–H groups in total. The van der Waals surface area contributed by atoms with Gasteiger partial charge in [-0.15, -0.1) is 11.3 Å². The summed E-state index contributed by atoms with van der Waals surface area (Å²) in [5.74, 6) is -0.0255. The van der Waals surface area contributed by atoms with Crippen molar-refractivity contribution in [3.05, 3.63) is 59.2 Å². The summed E-state index contributed by atoms with van der Waals surface area (Å²) in [5.41, 5.74) is 4.72. The van der Waals surface area contributed by atoms with Crippen molar-refractivity contribution in [1.82, 2.24) is 19.9 Å². The van der Waals surface area contributed by atoms with Crippen LogP contribution in [0.1, 0.15) is 11.2 Å². The van der Waals surface area contributed by atoms with Crippen molar-refractivity contribution >= 4 is 28.3 Å². The van der Waals surface area contributed by atoms with Crippen molar-refractivity contribution in [2.24, 2.45) is 0 Å². The zero-order chi connectivity index (χ0) is 18.9. The van der Waals surface area contributed by atoms with Crippen molar-refractivity contribution in [3.63, 3.8) is 0 Å². The van der Waals surface area contributed by atoms with Crippen LogP contribution < -0.4 is 51.4 Å². The van der Waals surface area contributed by atoms with Crippen LogP contribution in [0.3, 0.4) is 0 Å². The van der Waals surface area contributed by atoms with E-state index in [4.69, 9.17) is 4.74 Å². The minimum Gasteiger partial charge on any atom is -1.00 e. The summed E-state index contributed by atoms with van der Waals surface area (Å²) in [5, 5.41) is 3.45. The number of thiazole rings is 1. The second-order valence-electron chi connectivity index (χ2n) is 6.63. The number of rotatable bonds is 3. The topological polar surface area (TPSA) is 71.1 Å². The molecule has 0 atom stereocenters. The number of aromatic nitrogens is 3. The fraction of sp³-hybridized carbons (Fsp3) is 0.190. The molecule has 142 valence electrons. The van der Waals surface area contributed by atoms with Gasteiger partial charge in [0.15, 0.2) is 5.01 Å². The molecule has 5 rings (SSSR count). The Balaban J connectivity index is 0.00000128. The zero-order valence-electron chi connectivity index (χ0n) is 17.1. The Hall–Kier alpha value is -1.39. The van der Waals surface area contributed by atoms with Gasteiger partial charge in [-0.2, -0.15) is 0 Å². The SMILES string of the molecule is O=C(c1nc(-c2c[nH]c3ncc(-c4ccccc4)cc23)cs1)N1CCOCC1.[H-].[K+]. The summed E-state index contributed by atoms with van der Waals surface area (Å²) in [6.07, 6.45) is 3.77. The minimum atomic E-state index is -0.0255. The summed E-state index contributed by atoms with van der Waals surface area (Å²) in [7, 11) is 0. The third-order valence-electron chi connectivity index (χ3n) is 4.90. The first-order valence-corrected chi connectivity index (χ1v) is 10.0. The number of morpholine rings is 1. The molecular weight excluding hydrogens is 411 g/mol. The number of carbonyl (C=O) groups is 1. The first-order valence-electron chi connectivity index (χ1n) is 9.15. The summed E-state index contributed by atoms with van der Waals surface area (Å²) < 4.78 is 5.32. The molecule has 0 bridgehead atoms. The molecule has 1 saturated heterocycles. The van der Waals surface area contributed by atoms with Crippen LogP contribution in [-0.4, -0.2) is 52.1 Å². The number of pyridine rings is 1. The van der Waals surface area contributed by atoms with Gasteiger partial charge in [0.2, 0.25) is 0 Å². The van der Waals surface area contributed by atoms with Crippen LogP contribution in [0.4, 0.5) is 0 Å². The molecule has 1 fully saturated rings. The predicted molar refractivity (Wildman–Crippen MR) is 110 cm³/mol. The average Bonchev–Trinajstić information content (AvgIpc) is 3.41. The Morgan fingerprint density at radius 1 is 1.17 bits per heavy atom. The third kappa shape index (κ3) is 4.24. The van der Waals surface area contributed by atoms with Gasteiger partial charge in [-0.05, 0) is 11.6 Å². The first-order chi connectivity index (χ1) is 13.8. The van der Waals surface area contributed by atoms with Crippen LogP contribution >= 0.6 is 11.3 Å². The van der Waals surface area contributed by atoms with Crippen LogP contribution in [0.25, 0.3) is 33.4 Å². The third-order valence-corrected chi connectivity index (χ3v) is 5.73. The standard InChI is InChI=1S/C21H18N4O2S.K.H/c26-21(25-6-8-27-9-7-25)20-24-18(13-28-20)17-12-23-19-16(17)10-15(11-22-19)14-4-2-1-3-5-14;;/h1-5,10-13H,6-9H2,(H,22,23);;/q;+1;-1. The Morgan fingerprint density at radius 3 is 2.76 bits per heavy atom. The van der Waals surface area contributed by atoms with Crippen molar-refractivity contribution in [3.8, 4) is 22.4 Å². The van der Waals surface area contributed by atoms with Crippen LogP contribution in [-0.2, 0) is 4.74 Å². The predicted octanol–water partition coefficient (Wildman–Crippen LogP) is 0.942. The molecule has 4 aromatic rings. The van der Waals surface area contributed by atoms with E-state index in [2.05, 4.69) is 33.2 Å². The van der Waals surface area contributed by atoms with E-state index in [-0.39, 0.29) is 58.7 Å². The minimum absolute atomic E-state index is 0. The molecular formula is C21H19KN4O2S. The van der Waals surface area contributed by atoms with Crippen LogP contribution in [0.2, 0.25) is 0 Å². The van der Waals surface area contributed by atoms with Crippen LogP contribution in [0.15, 0.2) is 54.2 Å². The van der Waals surface area contributed by atoms with Gasteiger partial charge in [-0.3, -0.25) is 4.79 Å². The number of fused-ring (bicyclic) bond motifs is 1. The van der Waals surface area contributed by atoms with Gasteiger partial charge in [0.25, 0.3) is 5.91 Å². The molecule has 8 heteroatoms. The molecule has 0 spiro atoms. The summed E-state index contributed by atoms with van der Waals surface area (Å²) in [6.45, 7) is 2.40. The molecule has 3 aromatic heterocycles. The van der Waals surface area contributed by atoms with E-state index in [0.29, 0.717) is 31.3 Å². The number of H-pyrrole nitrogens is 1. The number of amides is 1. The molecule has 0 unspecified atom stereocenters. The maximum absolute atomic E-state index is 12.7. The zero-order valence-corrected chi connectivity index (χ0v) is 20.0. The van der Waals surface area contributed by atoms with Gasteiger partial charge in [0.05, 0.1) is 18.9 Å². The van der Waals surface area contributed by atoms with E-state index in [9.17, 15) is 4.79 Å². The smallest absolute Gasteiger partial charge is 1.00 e. The monoisotopic (exact) mass is 430 g/mol. The van der Waals surface area contributed by atoms with E-state index < -0.39 is 0 Å². The average molecular weight is 431 g/mol. The fourth-order valence-corrected chi connectivity index (χ4v) is 4.19. The number of benzene rings is 1. The number of nitrogens with one attached hydrogen (secondary N) is 1. The van der Waals surface area contributed by atoms with Gasteiger partial charge < -0.3 is 16.0 Å². The van der Waals surface area contributed by atoms with Crippen molar-refractivity contribution < 1.29 is 62.3 Å². The number of nitrogens with zero attached hydrogens (tertiary/aromatic N) is 3. The van der Waals surface area contributed by atoms with E-state index >= 15 is 0 Å². The van der Waals surface area contributed by atoms with Gasteiger partial charge in [0, 0.05) is 47.4 Å². The number of carbonyl (C=O) groups excluding carboxylic acids is 1. The van der Waals surface area contributed by atoms with Gasteiger partial charge in [-0.1, -0.05) is 30.3 Å². The number of hydrogen-bond donors (Lipinski definition) is 1. The summed E-state index contributed by atoms with van der Waals surface area (Å²) >= 11 is 1.38. The Kier molecular flexibility index (Phi) is 6.60. The largest absolute Gasteiger partial charge is 1.00 e.